The molecule has 0 N–H and O–H groups in total. The molecular formula is C52H33N5. The highest BCUT2D eigenvalue weighted by molar-refractivity contribution is 6.12. The molecule has 0 amide bonds. The van der Waals surface area contributed by atoms with E-state index in [-0.39, 0.29) is 0 Å². The van der Waals surface area contributed by atoms with Crippen LogP contribution in [0.2, 0.25) is 0 Å². The standard InChI is InChI=1S/C52H33N5/c1-2-14-36(15-3-1)57-48-25-13-8-20-43(48)50-51(57)49(34-26-30-37(31-27-34)55-44-21-9-4-16-39(44)40-17-5-10-22-45(40)55)53-52(54-50)35-28-32-38(33-29-35)56-46-23-11-6-18-41(46)42-19-7-12-24-47(42)56/h1-33H. The molecule has 0 bridgehead atoms. The average Bonchev–Trinajstić information content (AvgIpc) is 3.93. The first kappa shape index (κ1) is 31.6. The minimum atomic E-state index is 0.689. The van der Waals surface area contributed by atoms with Crippen LogP contribution in [0.15, 0.2) is 200 Å². The molecule has 0 aliphatic rings. The molecule has 0 spiro atoms. The lowest BCUT2D eigenvalue weighted by atomic mass is 10.1. The summed E-state index contributed by atoms with van der Waals surface area (Å²) >= 11 is 0. The van der Waals surface area contributed by atoms with Gasteiger partial charge in [0.05, 0.1) is 38.8 Å². The molecule has 266 valence electrons. The van der Waals surface area contributed by atoms with Crippen molar-refractivity contribution in [3.8, 4) is 39.7 Å². The van der Waals surface area contributed by atoms with Gasteiger partial charge in [0.2, 0.25) is 0 Å². The third-order valence-electron chi connectivity index (χ3n) is 11.5. The smallest absolute Gasteiger partial charge is 0.160 e. The molecule has 57 heavy (non-hydrogen) atoms. The number of aromatic nitrogens is 5. The van der Waals surface area contributed by atoms with Crippen LogP contribution in [0, 0.1) is 0 Å². The average molecular weight is 728 g/mol. The van der Waals surface area contributed by atoms with Gasteiger partial charge in [0, 0.05) is 55.1 Å². The number of para-hydroxylation sites is 6. The van der Waals surface area contributed by atoms with Gasteiger partial charge in [-0.2, -0.15) is 0 Å². The van der Waals surface area contributed by atoms with Crippen molar-refractivity contribution in [1.82, 2.24) is 23.7 Å². The summed E-state index contributed by atoms with van der Waals surface area (Å²) in [5.41, 5.74) is 13.9. The van der Waals surface area contributed by atoms with E-state index in [9.17, 15) is 0 Å². The minimum Gasteiger partial charge on any atom is -0.309 e. The number of rotatable bonds is 5. The summed E-state index contributed by atoms with van der Waals surface area (Å²) in [6, 6.07) is 71.2. The Kier molecular flexibility index (Phi) is 6.86. The van der Waals surface area contributed by atoms with E-state index >= 15 is 0 Å². The molecule has 0 aliphatic carbocycles. The van der Waals surface area contributed by atoms with Crippen molar-refractivity contribution in [1.29, 1.82) is 0 Å². The fraction of sp³-hybridized carbons (Fsp3) is 0. The van der Waals surface area contributed by atoms with Crippen LogP contribution in [0.25, 0.3) is 105 Å². The number of hydrogen-bond acceptors (Lipinski definition) is 2. The van der Waals surface area contributed by atoms with Gasteiger partial charge in [-0.15, -0.1) is 0 Å². The maximum atomic E-state index is 5.46. The largest absolute Gasteiger partial charge is 0.309 e. The number of hydrogen-bond donors (Lipinski definition) is 0. The Morgan fingerprint density at radius 2 is 0.649 bits per heavy atom. The van der Waals surface area contributed by atoms with Gasteiger partial charge in [0.1, 0.15) is 5.52 Å². The molecule has 0 atom stereocenters. The normalized spacial score (nSPS) is 11.9. The van der Waals surface area contributed by atoms with Crippen LogP contribution < -0.4 is 0 Å². The molecule has 0 radical (unpaired) electrons. The van der Waals surface area contributed by atoms with Gasteiger partial charge in [-0.25, -0.2) is 9.97 Å². The third kappa shape index (κ3) is 4.76. The Hall–Kier alpha value is -7.76. The Labute approximate surface area is 328 Å². The van der Waals surface area contributed by atoms with E-state index in [0.29, 0.717) is 5.82 Å². The molecule has 5 heteroatoms. The van der Waals surface area contributed by atoms with E-state index in [1.807, 2.05) is 0 Å². The molecule has 4 heterocycles. The molecule has 4 aromatic heterocycles. The third-order valence-corrected chi connectivity index (χ3v) is 11.5. The second-order valence-electron chi connectivity index (χ2n) is 14.6. The van der Waals surface area contributed by atoms with Crippen LogP contribution in [0.4, 0.5) is 0 Å². The summed E-state index contributed by atoms with van der Waals surface area (Å²) in [7, 11) is 0. The summed E-state index contributed by atoms with van der Waals surface area (Å²) in [4.78, 5) is 10.8. The topological polar surface area (TPSA) is 40.6 Å². The van der Waals surface area contributed by atoms with Gasteiger partial charge in [0.25, 0.3) is 0 Å². The molecule has 8 aromatic carbocycles. The Bertz CT molecular complexity index is 3390. The van der Waals surface area contributed by atoms with Crippen molar-refractivity contribution in [3.05, 3.63) is 200 Å². The molecule has 5 nitrogen and oxygen atoms in total. The molecule has 0 saturated carbocycles. The van der Waals surface area contributed by atoms with E-state index in [1.54, 1.807) is 0 Å². The van der Waals surface area contributed by atoms with Crippen LogP contribution in [0.5, 0.6) is 0 Å². The zero-order chi connectivity index (χ0) is 37.5. The zero-order valence-electron chi connectivity index (χ0n) is 30.8. The molecule has 0 aliphatic heterocycles. The fourth-order valence-corrected chi connectivity index (χ4v) is 8.95. The van der Waals surface area contributed by atoms with Gasteiger partial charge in [-0.1, -0.05) is 121 Å². The molecular weight excluding hydrogens is 695 g/mol. The second-order valence-corrected chi connectivity index (χ2v) is 14.6. The summed E-state index contributed by atoms with van der Waals surface area (Å²) < 4.78 is 7.02. The van der Waals surface area contributed by atoms with E-state index in [2.05, 4.69) is 214 Å². The molecule has 0 fully saturated rings. The summed E-state index contributed by atoms with van der Waals surface area (Å²) in [5, 5.41) is 6.07. The predicted molar refractivity (Wildman–Crippen MR) is 236 cm³/mol. The summed E-state index contributed by atoms with van der Waals surface area (Å²) in [6.07, 6.45) is 0. The highest BCUT2D eigenvalue weighted by atomic mass is 15.0. The minimum absolute atomic E-state index is 0.689. The van der Waals surface area contributed by atoms with Crippen molar-refractivity contribution in [3.63, 3.8) is 0 Å². The predicted octanol–water partition coefficient (Wildman–Crippen LogP) is 13.1. The molecule has 0 saturated heterocycles. The number of benzene rings is 8. The van der Waals surface area contributed by atoms with Crippen LogP contribution in [-0.2, 0) is 0 Å². The van der Waals surface area contributed by atoms with Gasteiger partial charge >= 0.3 is 0 Å². The first-order valence-corrected chi connectivity index (χ1v) is 19.3. The monoisotopic (exact) mass is 727 g/mol. The lowest BCUT2D eigenvalue weighted by Crippen LogP contribution is -2.00. The quantitative estimate of drug-likeness (QED) is 0.177. The van der Waals surface area contributed by atoms with Crippen molar-refractivity contribution in [2.75, 3.05) is 0 Å². The van der Waals surface area contributed by atoms with E-state index in [1.165, 1.54) is 43.6 Å². The lowest BCUT2D eigenvalue weighted by Gasteiger charge is -2.14. The first-order chi connectivity index (χ1) is 28.3. The van der Waals surface area contributed by atoms with Crippen molar-refractivity contribution in [2.45, 2.75) is 0 Å². The molecule has 12 aromatic rings. The van der Waals surface area contributed by atoms with E-state index in [0.717, 1.165) is 55.8 Å². The van der Waals surface area contributed by atoms with Gasteiger partial charge in [-0.05, 0) is 78.9 Å². The first-order valence-electron chi connectivity index (χ1n) is 19.3. The maximum Gasteiger partial charge on any atom is 0.160 e. The van der Waals surface area contributed by atoms with Crippen LogP contribution in [-0.4, -0.2) is 23.7 Å². The Morgan fingerprint density at radius 1 is 0.281 bits per heavy atom. The highest BCUT2D eigenvalue weighted by Crippen LogP contribution is 2.39. The van der Waals surface area contributed by atoms with Crippen molar-refractivity contribution in [2.24, 2.45) is 0 Å². The van der Waals surface area contributed by atoms with Gasteiger partial charge in [0.15, 0.2) is 5.82 Å². The van der Waals surface area contributed by atoms with Crippen LogP contribution in [0.1, 0.15) is 0 Å². The SMILES string of the molecule is c1ccc(-n2c3ccccc3c3nc(-c4ccc(-n5c6ccccc6c6ccccc65)cc4)nc(-c4ccc(-n5c6ccccc6c6ccccc65)cc4)c32)cc1. The fourth-order valence-electron chi connectivity index (χ4n) is 8.95. The maximum absolute atomic E-state index is 5.46. The second kappa shape index (κ2) is 12.4. The van der Waals surface area contributed by atoms with E-state index in [4.69, 9.17) is 9.97 Å². The van der Waals surface area contributed by atoms with Crippen LogP contribution in [0.3, 0.4) is 0 Å². The van der Waals surface area contributed by atoms with Crippen molar-refractivity contribution >= 4 is 65.5 Å². The Balaban J connectivity index is 1.06. The highest BCUT2D eigenvalue weighted by Gasteiger charge is 2.22. The number of fused-ring (bicyclic) bond motifs is 9. The van der Waals surface area contributed by atoms with E-state index < -0.39 is 0 Å². The lowest BCUT2D eigenvalue weighted by molar-refractivity contribution is 1.14. The van der Waals surface area contributed by atoms with Gasteiger partial charge in [-0.3, -0.25) is 0 Å². The Morgan fingerprint density at radius 3 is 1.12 bits per heavy atom. The molecule has 12 rings (SSSR count). The molecule has 0 unspecified atom stereocenters. The van der Waals surface area contributed by atoms with Gasteiger partial charge < -0.3 is 13.7 Å². The van der Waals surface area contributed by atoms with Crippen LogP contribution >= 0.6 is 0 Å². The summed E-state index contributed by atoms with van der Waals surface area (Å²) in [5.74, 6) is 0.689. The summed E-state index contributed by atoms with van der Waals surface area (Å²) in [6.45, 7) is 0. The number of nitrogens with zero attached hydrogens (tertiary/aromatic N) is 5. The van der Waals surface area contributed by atoms with Crippen molar-refractivity contribution < 1.29 is 0 Å². The zero-order valence-corrected chi connectivity index (χ0v) is 30.8.